The molecule has 4 heterocycles. The average molecular weight is 1010 g/mol. The molecule has 0 atom stereocenters. The molecule has 0 spiro atoms. The normalized spacial score (nSPS) is 11.9. The van der Waals surface area contributed by atoms with Gasteiger partial charge >= 0.3 is 0 Å². The standard InChI is InChI=1S/C70H42N2O2S2/c1-3-16-47(17-4-1)71(48-18-5-2-6-19-48)51-30-33-56-55-32-27-46(40-66(55)76-67(56)42-51)52-22-13-25-65-68(52)59-41-50(31-37-64(59)75-65)72(49-29-26-43-14-7-8-15-44(43)38-49)60-35-34-53(70-69(60)57-21-10-12-24-62(57)74-70)45-28-36-63-58(39-45)54-20-9-11-23-61(54)73-63/h1-42H. The second kappa shape index (κ2) is 17.0. The second-order valence-corrected chi connectivity index (χ2v) is 21.7. The van der Waals surface area contributed by atoms with Crippen LogP contribution in [0.15, 0.2) is 264 Å². The molecule has 0 fully saturated rings. The van der Waals surface area contributed by atoms with Crippen molar-refractivity contribution in [3.05, 3.63) is 255 Å². The first-order valence-electron chi connectivity index (χ1n) is 25.6. The van der Waals surface area contributed by atoms with Crippen LogP contribution in [0.25, 0.3) is 117 Å². The van der Waals surface area contributed by atoms with Crippen molar-refractivity contribution in [2.45, 2.75) is 0 Å². The van der Waals surface area contributed by atoms with Gasteiger partial charge in [-0.3, -0.25) is 0 Å². The fourth-order valence-electron chi connectivity index (χ4n) is 11.7. The maximum Gasteiger partial charge on any atom is 0.145 e. The molecular weight excluding hydrogens is 965 g/mol. The van der Waals surface area contributed by atoms with Gasteiger partial charge in [0.2, 0.25) is 0 Å². The number of fused-ring (bicyclic) bond motifs is 13. The molecule has 4 nitrogen and oxygen atoms in total. The van der Waals surface area contributed by atoms with Crippen molar-refractivity contribution in [3.8, 4) is 22.3 Å². The van der Waals surface area contributed by atoms with Gasteiger partial charge in [0.05, 0.1) is 11.1 Å². The molecule has 0 unspecified atom stereocenters. The summed E-state index contributed by atoms with van der Waals surface area (Å²) in [6.07, 6.45) is 0. The number of nitrogens with zero attached hydrogens (tertiary/aromatic N) is 2. The predicted octanol–water partition coefficient (Wildman–Crippen LogP) is 21.6. The van der Waals surface area contributed by atoms with Crippen molar-refractivity contribution < 1.29 is 8.83 Å². The fraction of sp³-hybridized carbons (Fsp3) is 0. The Morgan fingerprint density at radius 3 is 1.72 bits per heavy atom. The highest BCUT2D eigenvalue weighted by Gasteiger charge is 2.25. The van der Waals surface area contributed by atoms with Gasteiger partial charge in [-0.25, -0.2) is 0 Å². The van der Waals surface area contributed by atoms with E-state index in [1.807, 2.05) is 34.8 Å². The quantitative estimate of drug-likeness (QED) is 0.152. The Hall–Kier alpha value is -9.46. The monoisotopic (exact) mass is 1010 g/mol. The maximum absolute atomic E-state index is 6.98. The summed E-state index contributed by atoms with van der Waals surface area (Å²) in [6, 6.07) is 92.2. The van der Waals surface area contributed by atoms with Crippen LogP contribution in [0.1, 0.15) is 0 Å². The molecule has 12 aromatic carbocycles. The van der Waals surface area contributed by atoms with Crippen LogP contribution in [0, 0.1) is 0 Å². The van der Waals surface area contributed by atoms with Crippen LogP contribution in [-0.4, -0.2) is 0 Å². The van der Waals surface area contributed by atoms with Crippen molar-refractivity contribution in [2.24, 2.45) is 0 Å². The summed E-state index contributed by atoms with van der Waals surface area (Å²) in [7, 11) is 0. The summed E-state index contributed by atoms with van der Waals surface area (Å²) >= 11 is 3.72. The van der Waals surface area contributed by atoms with E-state index < -0.39 is 0 Å². The van der Waals surface area contributed by atoms with Gasteiger partial charge in [-0.05, 0) is 143 Å². The average Bonchev–Trinajstić information content (AvgIpc) is 4.28. The van der Waals surface area contributed by atoms with Gasteiger partial charge in [0, 0.05) is 90.5 Å². The molecule has 0 saturated heterocycles. The maximum atomic E-state index is 6.98. The van der Waals surface area contributed by atoms with Gasteiger partial charge in [0.1, 0.15) is 22.3 Å². The molecule has 0 aliphatic heterocycles. The Balaban J connectivity index is 0.863. The van der Waals surface area contributed by atoms with Crippen LogP contribution in [-0.2, 0) is 0 Å². The lowest BCUT2D eigenvalue weighted by Gasteiger charge is -2.27. The molecule has 0 amide bonds. The van der Waals surface area contributed by atoms with Crippen molar-refractivity contribution in [3.63, 3.8) is 0 Å². The van der Waals surface area contributed by atoms with Crippen LogP contribution in [0.3, 0.4) is 0 Å². The first kappa shape index (κ1) is 43.0. The number of benzene rings is 12. The van der Waals surface area contributed by atoms with Crippen molar-refractivity contribution in [1.82, 2.24) is 0 Å². The minimum atomic E-state index is 0.846. The van der Waals surface area contributed by atoms with E-state index in [4.69, 9.17) is 8.83 Å². The Morgan fingerprint density at radius 1 is 0.276 bits per heavy atom. The Labute approximate surface area is 444 Å². The number of rotatable bonds is 8. The van der Waals surface area contributed by atoms with Gasteiger partial charge < -0.3 is 18.6 Å². The van der Waals surface area contributed by atoms with Gasteiger partial charge in [-0.15, -0.1) is 22.7 Å². The Morgan fingerprint density at radius 2 is 0.895 bits per heavy atom. The molecule has 0 bridgehead atoms. The molecule has 0 N–H and O–H groups in total. The van der Waals surface area contributed by atoms with E-state index in [1.165, 1.54) is 62.2 Å². The number of hydrogen-bond acceptors (Lipinski definition) is 6. The molecule has 6 heteroatoms. The number of furan rings is 2. The number of para-hydroxylation sites is 4. The van der Waals surface area contributed by atoms with E-state index >= 15 is 0 Å². The lowest BCUT2D eigenvalue weighted by Crippen LogP contribution is -2.10. The smallest absolute Gasteiger partial charge is 0.145 e. The molecule has 356 valence electrons. The van der Waals surface area contributed by atoms with Gasteiger partial charge in [-0.1, -0.05) is 140 Å². The van der Waals surface area contributed by atoms with Crippen molar-refractivity contribution >= 4 is 152 Å². The van der Waals surface area contributed by atoms with Crippen LogP contribution in [0.5, 0.6) is 0 Å². The fourth-order valence-corrected chi connectivity index (χ4v) is 14.0. The lowest BCUT2D eigenvalue weighted by atomic mass is 9.97. The number of hydrogen-bond donors (Lipinski definition) is 0. The summed E-state index contributed by atoms with van der Waals surface area (Å²) in [5.74, 6) is 0. The summed E-state index contributed by atoms with van der Waals surface area (Å²) in [5.41, 5.74) is 14.6. The minimum absolute atomic E-state index is 0.846. The van der Waals surface area contributed by atoms with Crippen LogP contribution < -0.4 is 9.80 Å². The van der Waals surface area contributed by atoms with Gasteiger partial charge in [0.15, 0.2) is 0 Å². The van der Waals surface area contributed by atoms with Crippen LogP contribution >= 0.6 is 22.7 Å². The third-order valence-corrected chi connectivity index (χ3v) is 17.5. The van der Waals surface area contributed by atoms with E-state index in [9.17, 15) is 0 Å². The zero-order valence-corrected chi connectivity index (χ0v) is 42.4. The van der Waals surface area contributed by atoms with E-state index in [-0.39, 0.29) is 0 Å². The third kappa shape index (κ3) is 6.81. The summed E-state index contributed by atoms with van der Waals surface area (Å²) < 4.78 is 18.3. The first-order valence-corrected chi connectivity index (χ1v) is 27.3. The third-order valence-electron chi connectivity index (χ3n) is 15.2. The van der Waals surface area contributed by atoms with Crippen molar-refractivity contribution in [1.29, 1.82) is 0 Å². The lowest BCUT2D eigenvalue weighted by molar-refractivity contribution is 0.668. The zero-order valence-electron chi connectivity index (χ0n) is 40.8. The SMILES string of the molecule is c1ccc(N(c2ccccc2)c2ccc3c(c2)sc2cc(-c4cccc5sc6ccc(N(c7ccc8ccccc8c7)c7ccc(-c8ccc9oc%10ccccc%10c9c8)c8oc9ccccc9c78)cc6c45)ccc23)cc1. The molecule has 76 heavy (non-hydrogen) atoms. The topological polar surface area (TPSA) is 32.8 Å². The molecule has 4 aromatic heterocycles. The predicted molar refractivity (Wildman–Crippen MR) is 325 cm³/mol. The summed E-state index contributed by atoms with van der Waals surface area (Å²) in [6.45, 7) is 0. The Kier molecular flexibility index (Phi) is 9.64. The van der Waals surface area contributed by atoms with Gasteiger partial charge in [-0.2, -0.15) is 0 Å². The summed E-state index contributed by atoms with van der Waals surface area (Å²) in [5, 5.41) is 11.7. The second-order valence-electron chi connectivity index (χ2n) is 19.6. The molecule has 0 saturated carbocycles. The van der Waals surface area contributed by atoms with E-state index in [0.29, 0.717) is 0 Å². The minimum Gasteiger partial charge on any atom is -0.456 e. The highest BCUT2D eigenvalue weighted by Crippen LogP contribution is 2.50. The molecular formula is C70H42N2O2S2. The molecule has 16 aromatic rings. The number of anilines is 6. The molecule has 0 aliphatic rings. The summed E-state index contributed by atoms with van der Waals surface area (Å²) in [4.78, 5) is 4.78. The highest BCUT2D eigenvalue weighted by molar-refractivity contribution is 7.26. The van der Waals surface area contributed by atoms with E-state index in [0.717, 1.165) is 89.1 Å². The zero-order chi connectivity index (χ0) is 49.8. The molecule has 16 rings (SSSR count). The van der Waals surface area contributed by atoms with Crippen LogP contribution in [0.2, 0.25) is 0 Å². The Bertz CT molecular complexity index is 4930. The largest absolute Gasteiger partial charge is 0.456 e. The van der Waals surface area contributed by atoms with Gasteiger partial charge in [0.25, 0.3) is 0 Å². The van der Waals surface area contributed by atoms with Crippen molar-refractivity contribution in [2.75, 3.05) is 9.80 Å². The number of thiophene rings is 2. The first-order chi connectivity index (χ1) is 37.6. The van der Waals surface area contributed by atoms with Crippen LogP contribution in [0.4, 0.5) is 34.1 Å². The molecule has 0 aliphatic carbocycles. The van der Waals surface area contributed by atoms with E-state index in [2.05, 4.69) is 252 Å². The highest BCUT2D eigenvalue weighted by atomic mass is 32.1. The van der Waals surface area contributed by atoms with E-state index in [1.54, 1.807) is 0 Å². The molecule has 0 radical (unpaired) electrons.